The number of epoxide rings is 1. The van der Waals surface area contributed by atoms with Crippen LogP contribution in [0.15, 0.2) is 29.2 Å². The lowest BCUT2D eigenvalue weighted by atomic mass is 9.87. The minimum atomic E-state index is -3.41. The second-order valence-corrected chi connectivity index (χ2v) is 7.35. The van der Waals surface area contributed by atoms with Gasteiger partial charge in [0.15, 0.2) is 0 Å². The van der Waals surface area contributed by atoms with Gasteiger partial charge in [-0.2, -0.15) is 0 Å². The van der Waals surface area contributed by atoms with E-state index in [9.17, 15) is 8.42 Å². The van der Waals surface area contributed by atoms with Gasteiger partial charge in [-0.05, 0) is 23.1 Å². The van der Waals surface area contributed by atoms with Crippen molar-refractivity contribution in [3.63, 3.8) is 0 Å². The summed E-state index contributed by atoms with van der Waals surface area (Å²) in [6, 6.07) is 7.03. The van der Waals surface area contributed by atoms with Crippen molar-refractivity contribution in [2.24, 2.45) is 0 Å². The van der Waals surface area contributed by atoms with Gasteiger partial charge in [0.1, 0.15) is 0 Å². The second kappa shape index (κ2) is 4.64. The molecule has 1 saturated heterocycles. The van der Waals surface area contributed by atoms with Crippen molar-refractivity contribution in [1.29, 1.82) is 0 Å². The highest BCUT2D eigenvalue weighted by Gasteiger charge is 2.25. The fourth-order valence-electron chi connectivity index (χ4n) is 1.61. The molecule has 18 heavy (non-hydrogen) atoms. The number of sulfonamides is 1. The minimum absolute atomic E-state index is 0.0254. The Morgan fingerprint density at radius 2 is 1.83 bits per heavy atom. The van der Waals surface area contributed by atoms with Crippen molar-refractivity contribution in [2.45, 2.75) is 37.2 Å². The number of benzene rings is 1. The van der Waals surface area contributed by atoms with E-state index in [-0.39, 0.29) is 11.5 Å². The highest BCUT2D eigenvalue weighted by atomic mass is 32.2. The molecule has 1 heterocycles. The molecule has 2 rings (SSSR count). The van der Waals surface area contributed by atoms with Gasteiger partial charge in [-0.15, -0.1) is 0 Å². The third kappa shape index (κ3) is 3.31. The van der Waals surface area contributed by atoms with Gasteiger partial charge in [-0.3, -0.25) is 0 Å². The molecule has 1 aliphatic heterocycles. The molecule has 1 atom stereocenters. The summed E-state index contributed by atoms with van der Waals surface area (Å²) < 4.78 is 31.4. The largest absolute Gasteiger partial charge is 0.372 e. The Balaban J connectivity index is 2.12. The van der Waals surface area contributed by atoms with E-state index in [1.54, 1.807) is 12.1 Å². The number of nitrogens with one attached hydrogen (secondary N) is 1. The highest BCUT2D eigenvalue weighted by Crippen LogP contribution is 2.23. The summed E-state index contributed by atoms with van der Waals surface area (Å²) >= 11 is 0. The molecule has 0 bridgehead atoms. The fourth-order valence-corrected chi connectivity index (χ4v) is 2.67. The van der Waals surface area contributed by atoms with Gasteiger partial charge in [0, 0.05) is 6.54 Å². The minimum Gasteiger partial charge on any atom is -0.372 e. The summed E-state index contributed by atoms with van der Waals surface area (Å²) in [6.45, 7) is 7.28. The Morgan fingerprint density at radius 1 is 1.28 bits per heavy atom. The van der Waals surface area contributed by atoms with E-state index in [1.165, 1.54) is 0 Å². The second-order valence-electron chi connectivity index (χ2n) is 5.58. The zero-order valence-electron chi connectivity index (χ0n) is 10.9. The van der Waals surface area contributed by atoms with Crippen molar-refractivity contribution in [3.05, 3.63) is 29.8 Å². The number of ether oxygens (including phenoxy) is 1. The highest BCUT2D eigenvalue weighted by molar-refractivity contribution is 7.89. The summed E-state index contributed by atoms with van der Waals surface area (Å²) in [5.41, 5.74) is 1.14. The zero-order chi connectivity index (χ0) is 13.4. The lowest BCUT2D eigenvalue weighted by molar-refractivity contribution is 0.406. The summed E-state index contributed by atoms with van der Waals surface area (Å²) in [6.07, 6.45) is 0.0497. The van der Waals surface area contributed by atoms with Crippen LogP contribution in [0.3, 0.4) is 0 Å². The van der Waals surface area contributed by atoms with E-state index >= 15 is 0 Å². The predicted molar refractivity (Wildman–Crippen MR) is 70.1 cm³/mol. The average molecular weight is 269 g/mol. The van der Waals surface area contributed by atoms with Crippen LogP contribution in [0.4, 0.5) is 0 Å². The lowest BCUT2D eigenvalue weighted by Crippen LogP contribution is -2.27. The van der Waals surface area contributed by atoms with Gasteiger partial charge in [0.25, 0.3) is 0 Å². The Labute approximate surface area is 108 Å². The molecule has 0 radical (unpaired) electrons. The normalized spacial score (nSPS) is 19.8. The molecule has 1 aromatic carbocycles. The number of hydrogen-bond acceptors (Lipinski definition) is 3. The lowest BCUT2D eigenvalue weighted by Gasteiger charge is -2.19. The molecule has 0 amide bonds. The van der Waals surface area contributed by atoms with E-state index in [4.69, 9.17) is 4.74 Å². The maximum absolute atomic E-state index is 12.0. The van der Waals surface area contributed by atoms with Crippen LogP contribution < -0.4 is 4.72 Å². The first kappa shape index (κ1) is 13.5. The third-order valence-corrected chi connectivity index (χ3v) is 4.37. The SMILES string of the molecule is CC(C)(C)c1ccc(S(=O)(=O)NCC2CO2)cc1. The monoisotopic (exact) mass is 269 g/mol. The maximum atomic E-state index is 12.0. The van der Waals surface area contributed by atoms with Crippen LogP contribution in [-0.2, 0) is 20.2 Å². The first-order valence-corrected chi connectivity index (χ1v) is 7.49. The average Bonchev–Trinajstić information content (AvgIpc) is 3.09. The molecule has 1 N–H and O–H groups in total. The quantitative estimate of drug-likeness (QED) is 0.846. The molecular weight excluding hydrogens is 250 g/mol. The van der Waals surface area contributed by atoms with Crippen molar-refractivity contribution in [2.75, 3.05) is 13.2 Å². The Kier molecular flexibility index (Phi) is 3.49. The van der Waals surface area contributed by atoms with Gasteiger partial charge < -0.3 is 4.74 Å². The van der Waals surface area contributed by atoms with Gasteiger partial charge >= 0.3 is 0 Å². The Bertz CT molecular complexity index is 510. The molecule has 0 aromatic heterocycles. The standard InChI is InChI=1S/C13H19NO3S/c1-13(2,3)10-4-6-12(7-5-10)18(15,16)14-8-11-9-17-11/h4-7,11,14H,8-9H2,1-3H3. The van der Waals surface area contributed by atoms with Gasteiger partial charge in [-0.1, -0.05) is 32.9 Å². The van der Waals surface area contributed by atoms with Crippen LogP contribution in [0.5, 0.6) is 0 Å². The summed E-state index contributed by atoms with van der Waals surface area (Å²) in [5, 5.41) is 0. The molecule has 1 aromatic rings. The first-order chi connectivity index (χ1) is 8.29. The van der Waals surface area contributed by atoms with Gasteiger partial charge in [0.05, 0.1) is 17.6 Å². The number of hydrogen-bond donors (Lipinski definition) is 1. The van der Waals surface area contributed by atoms with Gasteiger partial charge in [0.2, 0.25) is 10.0 Å². The van der Waals surface area contributed by atoms with Crippen LogP contribution >= 0.6 is 0 Å². The zero-order valence-corrected chi connectivity index (χ0v) is 11.8. The van der Waals surface area contributed by atoms with Gasteiger partial charge in [-0.25, -0.2) is 13.1 Å². The molecule has 1 fully saturated rings. The maximum Gasteiger partial charge on any atom is 0.240 e. The summed E-state index contributed by atoms with van der Waals surface area (Å²) in [5.74, 6) is 0. The molecule has 4 nitrogen and oxygen atoms in total. The van der Waals surface area contributed by atoms with Crippen LogP contribution in [-0.4, -0.2) is 27.7 Å². The molecular formula is C13H19NO3S. The molecule has 1 aliphatic rings. The van der Waals surface area contributed by atoms with Crippen LogP contribution in [0.25, 0.3) is 0 Å². The first-order valence-electron chi connectivity index (χ1n) is 6.01. The van der Waals surface area contributed by atoms with Crippen LogP contribution in [0, 0.1) is 0 Å². The molecule has 0 spiro atoms. The van der Waals surface area contributed by atoms with Crippen molar-refractivity contribution < 1.29 is 13.2 Å². The van der Waals surface area contributed by atoms with E-state index in [1.807, 2.05) is 12.1 Å². The van der Waals surface area contributed by atoms with E-state index in [0.29, 0.717) is 18.0 Å². The Morgan fingerprint density at radius 3 is 2.28 bits per heavy atom. The molecule has 100 valence electrons. The predicted octanol–water partition coefficient (Wildman–Crippen LogP) is 1.66. The molecule has 0 saturated carbocycles. The smallest absolute Gasteiger partial charge is 0.240 e. The third-order valence-electron chi connectivity index (χ3n) is 2.93. The Hall–Kier alpha value is -0.910. The fraction of sp³-hybridized carbons (Fsp3) is 0.538. The van der Waals surface area contributed by atoms with Crippen molar-refractivity contribution in [3.8, 4) is 0 Å². The summed E-state index contributed by atoms with van der Waals surface area (Å²) in [7, 11) is -3.41. The number of rotatable bonds is 4. The van der Waals surface area contributed by atoms with Crippen molar-refractivity contribution >= 4 is 10.0 Å². The molecule has 1 unspecified atom stereocenters. The van der Waals surface area contributed by atoms with Crippen molar-refractivity contribution in [1.82, 2.24) is 4.72 Å². The topological polar surface area (TPSA) is 58.7 Å². The molecule has 0 aliphatic carbocycles. The van der Waals surface area contributed by atoms with Crippen LogP contribution in [0.1, 0.15) is 26.3 Å². The van der Waals surface area contributed by atoms with E-state index < -0.39 is 10.0 Å². The summed E-state index contributed by atoms with van der Waals surface area (Å²) in [4.78, 5) is 0.302. The molecule has 5 heteroatoms. The van der Waals surface area contributed by atoms with E-state index in [2.05, 4.69) is 25.5 Å². The van der Waals surface area contributed by atoms with E-state index in [0.717, 1.165) is 5.56 Å². The van der Waals surface area contributed by atoms with Crippen LogP contribution in [0.2, 0.25) is 0 Å².